The van der Waals surface area contributed by atoms with E-state index in [2.05, 4.69) is 27.0 Å². The Bertz CT molecular complexity index is 1650. The summed E-state index contributed by atoms with van der Waals surface area (Å²) in [5, 5.41) is 8.92. The first-order chi connectivity index (χ1) is 19.6. The van der Waals surface area contributed by atoms with E-state index >= 15 is 0 Å². The zero-order valence-electron chi connectivity index (χ0n) is 23.0. The average Bonchev–Trinajstić information content (AvgIpc) is 3.62. The Balaban J connectivity index is 1.33. The molecule has 1 saturated carbocycles. The summed E-state index contributed by atoms with van der Waals surface area (Å²) in [6, 6.07) is 8.61. The van der Waals surface area contributed by atoms with E-state index in [-0.39, 0.29) is 40.9 Å². The van der Waals surface area contributed by atoms with Gasteiger partial charge in [-0.1, -0.05) is 31.0 Å². The maximum Gasteiger partial charge on any atom is 0.389 e. The molecule has 1 aliphatic carbocycles. The first-order valence-electron chi connectivity index (χ1n) is 14.0. The Kier molecular flexibility index (Phi) is 7.31. The molecule has 41 heavy (non-hydrogen) atoms. The van der Waals surface area contributed by atoms with Crippen molar-refractivity contribution in [1.82, 2.24) is 28.5 Å². The topological polar surface area (TPSA) is 94.6 Å². The minimum absolute atomic E-state index is 0.00812. The molecule has 4 aromatic rings. The second-order valence-electron chi connectivity index (χ2n) is 11.2. The molecule has 9 nitrogen and oxygen atoms in total. The number of ether oxygens (including phenoxy) is 1. The Morgan fingerprint density at radius 3 is 2.49 bits per heavy atom. The number of rotatable bonds is 9. The van der Waals surface area contributed by atoms with E-state index in [4.69, 9.17) is 4.74 Å². The van der Waals surface area contributed by atoms with Crippen LogP contribution >= 0.6 is 0 Å². The molecule has 3 atom stereocenters. The summed E-state index contributed by atoms with van der Waals surface area (Å²) in [7, 11) is -3.88. The quantitative estimate of drug-likeness (QED) is 0.273. The van der Waals surface area contributed by atoms with E-state index in [1.165, 1.54) is 16.4 Å². The lowest BCUT2D eigenvalue weighted by Gasteiger charge is -2.41. The number of fused-ring (bicyclic) bond motifs is 3. The lowest BCUT2D eigenvalue weighted by Crippen LogP contribution is -2.53. The Morgan fingerprint density at radius 2 is 1.83 bits per heavy atom. The van der Waals surface area contributed by atoms with Gasteiger partial charge in [0, 0.05) is 24.6 Å². The molecule has 0 spiro atoms. The van der Waals surface area contributed by atoms with E-state index in [1.807, 2.05) is 11.3 Å². The summed E-state index contributed by atoms with van der Waals surface area (Å²) in [5.74, 6) is 0.987. The standard InChI is InChI=1S/C28H33F3N6O3S/c1-3-19-13-20(35(21-16-40-17-21)11-4-10-28(29,30)31)14-23(19)26-34-33-25-15-32-27-24(37(25)26)9-12-36(27)41(38,39)22-7-5-18(2)6-8-22/h5-9,12,15,19-21,23H,3-4,10-11,13-14,16-17H2,1-2H3/t19-,20+,23+/m1/s1. The third-order valence-corrected chi connectivity index (χ3v) is 10.3. The molecular formula is C28H33F3N6O3S. The number of aromatic nitrogens is 5. The highest BCUT2D eigenvalue weighted by molar-refractivity contribution is 7.90. The molecule has 0 amide bonds. The number of hydrogen-bond acceptors (Lipinski definition) is 7. The van der Waals surface area contributed by atoms with Crippen LogP contribution < -0.4 is 0 Å². The van der Waals surface area contributed by atoms with Gasteiger partial charge < -0.3 is 4.74 Å². The maximum absolute atomic E-state index is 13.5. The van der Waals surface area contributed by atoms with Gasteiger partial charge >= 0.3 is 6.18 Å². The summed E-state index contributed by atoms with van der Waals surface area (Å²) < 4.78 is 74.2. The van der Waals surface area contributed by atoms with Crippen molar-refractivity contribution in [3.05, 3.63) is 54.1 Å². The van der Waals surface area contributed by atoms with Gasteiger partial charge in [0.2, 0.25) is 0 Å². The predicted molar refractivity (Wildman–Crippen MR) is 146 cm³/mol. The van der Waals surface area contributed by atoms with Gasteiger partial charge in [0.15, 0.2) is 11.3 Å². The van der Waals surface area contributed by atoms with Gasteiger partial charge in [0.1, 0.15) is 5.82 Å². The van der Waals surface area contributed by atoms with Crippen LogP contribution in [0, 0.1) is 12.8 Å². The monoisotopic (exact) mass is 590 g/mol. The molecule has 1 saturated heterocycles. The van der Waals surface area contributed by atoms with E-state index < -0.39 is 22.6 Å². The molecule has 1 aromatic carbocycles. The van der Waals surface area contributed by atoms with Gasteiger partial charge in [0.05, 0.1) is 35.9 Å². The third-order valence-electron chi connectivity index (χ3n) is 8.60. The van der Waals surface area contributed by atoms with Crippen molar-refractivity contribution >= 4 is 26.8 Å². The number of hydrogen-bond donors (Lipinski definition) is 0. The zero-order valence-corrected chi connectivity index (χ0v) is 23.8. The maximum atomic E-state index is 13.5. The number of halogens is 3. The van der Waals surface area contributed by atoms with Crippen molar-refractivity contribution in [1.29, 1.82) is 0 Å². The fraction of sp³-hybridized carbons (Fsp3) is 0.536. The average molecular weight is 591 g/mol. The van der Waals surface area contributed by atoms with Crippen LogP contribution in [-0.4, -0.2) is 74.9 Å². The zero-order chi connectivity index (χ0) is 28.9. The lowest BCUT2D eigenvalue weighted by atomic mass is 9.93. The van der Waals surface area contributed by atoms with Crippen molar-refractivity contribution in [2.45, 2.75) is 75.0 Å². The summed E-state index contributed by atoms with van der Waals surface area (Å²) in [6.07, 6.45) is 0.573. The van der Waals surface area contributed by atoms with Crippen LogP contribution in [0.4, 0.5) is 13.2 Å². The second kappa shape index (κ2) is 10.7. The smallest absolute Gasteiger partial charge is 0.378 e. The van der Waals surface area contributed by atoms with E-state index in [1.54, 1.807) is 30.3 Å². The normalized spacial score (nSPS) is 22.2. The van der Waals surface area contributed by atoms with E-state index in [9.17, 15) is 21.6 Å². The predicted octanol–water partition coefficient (Wildman–Crippen LogP) is 4.94. The van der Waals surface area contributed by atoms with Crippen molar-refractivity contribution < 1.29 is 26.3 Å². The minimum atomic E-state index is -4.17. The van der Waals surface area contributed by atoms with Crippen LogP contribution in [-0.2, 0) is 14.8 Å². The second-order valence-corrected chi connectivity index (χ2v) is 13.0. The molecule has 2 aliphatic rings. The van der Waals surface area contributed by atoms with Gasteiger partial charge in [0.25, 0.3) is 10.0 Å². The summed E-state index contributed by atoms with van der Waals surface area (Å²) in [6.45, 7) is 5.45. The van der Waals surface area contributed by atoms with Crippen LogP contribution in [0.1, 0.15) is 56.3 Å². The van der Waals surface area contributed by atoms with E-state index in [0.717, 1.165) is 30.7 Å². The first-order valence-corrected chi connectivity index (χ1v) is 15.4. The van der Waals surface area contributed by atoms with Gasteiger partial charge in [-0.25, -0.2) is 17.4 Å². The molecule has 3 aromatic heterocycles. The highest BCUT2D eigenvalue weighted by atomic mass is 32.2. The van der Waals surface area contributed by atoms with Crippen LogP contribution in [0.5, 0.6) is 0 Å². The van der Waals surface area contributed by atoms with E-state index in [0.29, 0.717) is 30.9 Å². The molecule has 1 aliphatic heterocycles. The number of nitrogens with zero attached hydrogens (tertiary/aromatic N) is 6. The van der Waals surface area contributed by atoms with Crippen LogP contribution in [0.3, 0.4) is 0 Å². The van der Waals surface area contributed by atoms with Crippen molar-refractivity contribution in [2.75, 3.05) is 19.8 Å². The van der Waals surface area contributed by atoms with Gasteiger partial charge in [-0.05, 0) is 56.8 Å². The SMILES string of the molecule is CC[C@@H]1C[C@H](N(CCCC(F)(F)F)C2COC2)C[C@@H]1c1nnc2cnc3c(ccn3S(=O)(=O)c3ccc(C)cc3)n12. The van der Waals surface area contributed by atoms with Gasteiger partial charge in [-0.15, -0.1) is 10.2 Å². The largest absolute Gasteiger partial charge is 0.389 e. The number of benzene rings is 1. The Labute approximate surface area is 236 Å². The molecule has 6 rings (SSSR count). The van der Waals surface area contributed by atoms with Crippen LogP contribution in [0.2, 0.25) is 0 Å². The highest BCUT2D eigenvalue weighted by Gasteiger charge is 2.43. The van der Waals surface area contributed by atoms with Crippen molar-refractivity contribution in [3.63, 3.8) is 0 Å². The minimum Gasteiger partial charge on any atom is -0.378 e. The summed E-state index contributed by atoms with van der Waals surface area (Å²) in [4.78, 5) is 6.82. The van der Waals surface area contributed by atoms with Gasteiger partial charge in [-0.3, -0.25) is 9.30 Å². The molecule has 2 fully saturated rings. The highest BCUT2D eigenvalue weighted by Crippen LogP contribution is 2.44. The Hall–Kier alpha value is -3.03. The molecule has 0 radical (unpaired) electrons. The first kappa shape index (κ1) is 28.1. The fourth-order valence-electron chi connectivity index (χ4n) is 6.38. The molecule has 0 bridgehead atoms. The van der Waals surface area contributed by atoms with Gasteiger partial charge in [-0.2, -0.15) is 13.2 Å². The molecule has 0 unspecified atom stereocenters. The molecular weight excluding hydrogens is 557 g/mol. The number of alkyl halides is 3. The fourth-order valence-corrected chi connectivity index (χ4v) is 7.68. The van der Waals surface area contributed by atoms with Crippen LogP contribution in [0.25, 0.3) is 16.8 Å². The molecule has 13 heteroatoms. The van der Waals surface area contributed by atoms with Crippen molar-refractivity contribution in [2.24, 2.45) is 5.92 Å². The Morgan fingerprint density at radius 1 is 1.07 bits per heavy atom. The molecule has 0 N–H and O–H groups in total. The summed E-state index contributed by atoms with van der Waals surface area (Å²) >= 11 is 0. The number of aryl methyl sites for hydroxylation is 1. The molecule has 4 heterocycles. The summed E-state index contributed by atoms with van der Waals surface area (Å²) in [5.41, 5.74) is 2.35. The lowest BCUT2D eigenvalue weighted by molar-refractivity contribution is -0.139. The van der Waals surface area contributed by atoms with Crippen molar-refractivity contribution in [3.8, 4) is 0 Å². The molecule has 220 valence electrons. The third kappa shape index (κ3) is 5.23. The van der Waals surface area contributed by atoms with Crippen LogP contribution in [0.15, 0.2) is 47.6 Å².